The van der Waals surface area contributed by atoms with Crippen LogP contribution in [0.1, 0.15) is 12.8 Å². The van der Waals surface area contributed by atoms with Crippen LogP contribution in [0.2, 0.25) is 0 Å². The fraction of sp³-hybridized carbons (Fsp3) is 0.889. The molecule has 13 heavy (non-hydrogen) atoms. The highest BCUT2D eigenvalue weighted by Gasteiger charge is 2.29. The summed E-state index contributed by atoms with van der Waals surface area (Å²) in [6, 6.07) is 2.68. The summed E-state index contributed by atoms with van der Waals surface area (Å²) >= 11 is 5.77. The molecule has 74 valence electrons. The van der Waals surface area contributed by atoms with Gasteiger partial charge in [0.05, 0.1) is 12.7 Å². The summed E-state index contributed by atoms with van der Waals surface area (Å²) in [6.45, 7) is 2.25. The molecule has 0 amide bonds. The average molecular weight is 203 g/mol. The van der Waals surface area contributed by atoms with Gasteiger partial charge in [0.15, 0.2) is 0 Å². The summed E-state index contributed by atoms with van der Waals surface area (Å²) in [5.41, 5.74) is 0. The zero-order valence-electron chi connectivity index (χ0n) is 7.87. The van der Waals surface area contributed by atoms with E-state index in [1.54, 1.807) is 7.11 Å². The lowest BCUT2D eigenvalue weighted by Gasteiger charge is -2.21. The summed E-state index contributed by atoms with van der Waals surface area (Å²) in [6.07, 6.45) is 2.47. The number of alkyl halides is 1. The van der Waals surface area contributed by atoms with Gasteiger partial charge in [0.25, 0.3) is 0 Å². The number of ether oxygens (including phenoxy) is 1. The largest absolute Gasteiger partial charge is 0.383 e. The van der Waals surface area contributed by atoms with Crippen molar-refractivity contribution in [2.45, 2.75) is 24.3 Å². The Bertz CT molecular complexity index is 189. The van der Waals surface area contributed by atoms with Gasteiger partial charge in [-0.05, 0) is 12.8 Å². The predicted molar refractivity (Wildman–Crippen MR) is 51.7 cm³/mol. The van der Waals surface area contributed by atoms with Crippen LogP contribution in [0.4, 0.5) is 0 Å². The Morgan fingerprint density at radius 3 is 2.85 bits per heavy atom. The summed E-state index contributed by atoms with van der Waals surface area (Å²) in [5.74, 6) is 0. The molecule has 0 saturated heterocycles. The molecule has 1 fully saturated rings. The van der Waals surface area contributed by atoms with Gasteiger partial charge in [0.1, 0.15) is 5.38 Å². The molecule has 0 N–H and O–H groups in total. The normalized spacial score (nSPS) is 18.6. The monoisotopic (exact) mass is 202 g/mol. The van der Waals surface area contributed by atoms with Gasteiger partial charge < -0.3 is 4.74 Å². The molecule has 0 aromatic carbocycles. The van der Waals surface area contributed by atoms with E-state index >= 15 is 0 Å². The second kappa shape index (κ2) is 5.43. The summed E-state index contributed by atoms with van der Waals surface area (Å²) in [5, 5.41) is 8.18. The molecule has 0 heterocycles. The molecular formula is C9H15ClN2O. The van der Waals surface area contributed by atoms with E-state index in [0.29, 0.717) is 19.2 Å². The van der Waals surface area contributed by atoms with E-state index in [0.717, 1.165) is 6.54 Å². The van der Waals surface area contributed by atoms with Crippen LogP contribution in [-0.2, 0) is 4.74 Å². The Labute approximate surface area is 84.2 Å². The molecule has 0 aromatic rings. The van der Waals surface area contributed by atoms with Crippen molar-refractivity contribution in [1.82, 2.24) is 4.90 Å². The number of hydrogen-bond acceptors (Lipinski definition) is 3. The minimum absolute atomic E-state index is 0.391. The number of halogens is 1. The number of nitrogens with zero attached hydrogens (tertiary/aromatic N) is 2. The zero-order chi connectivity index (χ0) is 9.68. The topological polar surface area (TPSA) is 36.3 Å². The van der Waals surface area contributed by atoms with E-state index in [1.165, 1.54) is 12.8 Å². The Hall–Kier alpha value is -0.300. The molecule has 1 saturated carbocycles. The van der Waals surface area contributed by atoms with Gasteiger partial charge in [-0.15, -0.1) is 11.6 Å². The smallest absolute Gasteiger partial charge is 0.133 e. The predicted octanol–water partition coefficient (Wildman–Crippen LogP) is 1.23. The van der Waals surface area contributed by atoms with Crippen molar-refractivity contribution in [1.29, 1.82) is 5.26 Å². The summed E-state index contributed by atoms with van der Waals surface area (Å²) in [7, 11) is 1.69. The maximum absolute atomic E-state index is 8.57. The first kappa shape index (κ1) is 10.8. The highest BCUT2D eigenvalue weighted by Crippen LogP contribution is 2.26. The molecule has 1 aliphatic carbocycles. The lowest BCUT2D eigenvalue weighted by atomic mass is 10.3. The molecule has 0 bridgehead atoms. The van der Waals surface area contributed by atoms with Crippen molar-refractivity contribution in [3.63, 3.8) is 0 Å². The van der Waals surface area contributed by atoms with Crippen LogP contribution in [0.3, 0.4) is 0 Å². The van der Waals surface area contributed by atoms with Gasteiger partial charge >= 0.3 is 0 Å². The number of nitriles is 1. The maximum Gasteiger partial charge on any atom is 0.133 e. The number of hydrogen-bond donors (Lipinski definition) is 0. The minimum atomic E-state index is -0.391. The quantitative estimate of drug-likeness (QED) is 0.608. The molecule has 1 rings (SSSR count). The minimum Gasteiger partial charge on any atom is -0.383 e. The average Bonchev–Trinajstić information content (AvgIpc) is 2.94. The molecule has 0 radical (unpaired) electrons. The van der Waals surface area contributed by atoms with Crippen LogP contribution in [0.5, 0.6) is 0 Å². The van der Waals surface area contributed by atoms with Crippen LogP contribution in [0.15, 0.2) is 0 Å². The van der Waals surface area contributed by atoms with Gasteiger partial charge in [0, 0.05) is 26.2 Å². The summed E-state index contributed by atoms with van der Waals surface area (Å²) in [4.78, 5) is 2.24. The van der Waals surface area contributed by atoms with Crippen LogP contribution in [0.25, 0.3) is 0 Å². The SMILES string of the molecule is COCCN(CC(Cl)C#N)C1CC1. The first-order valence-electron chi connectivity index (χ1n) is 4.54. The van der Waals surface area contributed by atoms with Crippen molar-refractivity contribution in [2.75, 3.05) is 26.8 Å². The van der Waals surface area contributed by atoms with Crippen LogP contribution >= 0.6 is 11.6 Å². The highest BCUT2D eigenvalue weighted by atomic mass is 35.5. The van der Waals surface area contributed by atoms with Crippen LogP contribution in [0, 0.1) is 11.3 Å². The van der Waals surface area contributed by atoms with Gasteiger partial charge in [0.2, 0.25) is 0 Å². The lowest BCUT2D eigenvalue weighted by Crippen LogP contribution is -2.34. The van der Waals surface area contributed by atoms with E-state index < -0.39 is 5.38 Å². The van der Waals surface area contributed by atoms with Crippen molar-refractivity contribution >= 4 is 11.6 Å². The summed E-state index contributed by atoms with van der Waals surface area (Å²) < 4.78 is 5.00. The Balaban J connectivity index is 2.25. The molecule has 4 heteroatoms. The van der Waals surface area contributed by atoms with Gasteiger partial charge in [-0.2, -0.15) is 5.26 Å². The maximum atomic E-state index is 8.57. The standard InChI is InChI=1S/C9H15ClN2O/c1-13-5-4-12(9-2-3-9)7-8(10)6-11/h8-9H,2-5,7H2,1H3. The third-order valence-corrected chi connectivity index (χ3v) is 2.42. The van der Waals surface area contributed by atoms with E-state index in [4.69, 9.17) is 21.6 Å². The van der Waals surface area contributed by atoms with Gasteiger partial charge in [-0.3, -0.25) is 4.90 Å². The van der Waals surface area contributed by atoms with Gasteiger partial charge in [-0.1, -0.05) is 0 Å². The van der Waals surface area contributed by atoms with Crippen molar-refractivity contribution in [3.05, 3.63) is 0 Å². The number of methoxy groups -OCH3 is 1. The molecule has 3 nitrogen and oxygen atoms in total. The van der Waals surface area contributed by atoms with Crippen molar-refractivity contribution < 1.29 is 4.74 Å². The first-order valence-corrected chi connectivity index (χ1v) is 4.98. The van der Waals surface area contributed by atoms with Crippen molar-refractivity contribution in [3.8, 4) is 6.07 Å². The Kier molecular flexibility index (Phi) is 4.51. The fourth-order valence-electron chi connectivity index (χ4n) is 1.32. The third kappa shape index (κ3) is 3.95. The Morgan fingerprint density at radius 2 is 2.38 bits per heavy atom. The second-order valence-electron chi connectivity index (χ2n) is 3.32. The van der Waals surface area contributed by atoms with E-state index in [-0.39, 0.29) is 0 Å². The lowest BCUT2D eigenvalue weighted by molar-refractivity contribution is 0.145. The second-order valence-corrected chi connectivity index (χ2v) is 3.84. The molecule has 1 aliphatic rings. The number of rotatable bonds is 6. The van der Waals surface area contributed by atoms with E-state index in [2.05, 4.69) is 4.90 Å². The molecule has 0 aliphatic heterocycles. The van der Waals surface area contributed by atoms with E-state index in [1.807, 2.05) is 6.07 Å². The Morgan fingerprint density at radius 1 is 1.69 bits per heavy atom. The van der Waals surface area contributed by atoms with Gasteiger partial charge in [-0.25, -0.2) is 0 Å². The van der Waals surface area contributed by atoms with Crippen molar-refractivity contribution in [2.24, 2.45) is 0 Å². The van der Waals surface area contributed by atoms with E-state index in [9.17, 15) is 0 Å². The third-order valence-electron chi connectivity index (χ3n) is 2.18. The zero-order valence-corrected chi connectivity index (χ0v) is 8.63. The molecule has 1 unspecified atom stereocenters. The molecule has 1 atom stereocenters. The highest BCUT2D eigenvalue weighted by molar-refractivity contribution is 6.22. The molecular weight excluding hydrogens is 188 g/mol. The first-order chi connectivity index (χ1) is 6.27. The molecule has 0 spiro atoms. The molecule has 0 aromatic heterocycles. The van der Waals surface area contributed by atoms with Crippen LogP contribution < -0.4 is 0 Å². The fourth-order valence-corrected chi connectivity index (χ4v) is 1.50. The van der Waals surface area contributed by atoms with Crippen LogP contribution in [-0.4, -0.2) is 43.1 Å².